The van der Waals surface area contributed by atoms with Crippen molar-refractivity contribution in [2.45, 2.75) is 26.7 Å². The molecule has 0 amide bonds. The second kappa shape index (κ2) is 8.18. The summed E-state index contributed by atoms with van der Waals surface area (Å²) < 4.78 is 5.59. The van der Waals surface area contributed by atoms with Gasteiger partial charge in [-0.25, -0.2) is 0 Å². The first kappa shape index (κ1) is 16.0. The van der Waals surface area contributed by atoms with Gasteiger partial charge in [-0.15, -0.1) is 0 Å². The van der Waals surface area contributed by atoms with Crippen LogP contribution in [-0.4, -0.2) is 5.97 Å². The summed E-state index contributed by atoms with van der Waals surface area (Å²) in [7, 11) is 0. The molecule has 0 heterocycles. The molecule has 0 unspecified atom stereocenters. The Morgan fingerprint density at radius 1 is 0.955 bits per heavy atom. The van der Waals surface area contributed by atoms with Gasteiger partial charge in [-0.3, -0.25) is 4.79 Å². The third-order valence-corrected chi connectivity index (χ3v) is 3.70. The van der Waals surface area contributed by atoms with Crippen LogP contribution in [0.15, 0.2) is 54.6 Å². The second-order valence-electron chi connectivity index (χ2n) is 5.22. The highest BCUT2D eigenvalue weighted by Gasteiger charge is 2.17. The SMILES string of the molecule is CCC(CC)C(=O)Oc1ccccc1C=Cc1ccccc1. The quantitative estimate of drug-likeness (QED) is 0.416. The van der Waals surface area contributed by atoms with Gasteiger partial charge in [0.15, 0.2) is 0 Å². The van der Waals surface area contributed by atoms with Crippen LogP contribution < -0.4 is 4.74 Å². The Bertz CT molecular complexity index is 625. The number of hydrogen-bond donors (Lipinski definition) is 0. The molecule has 0 aliphatic rings. The summed E-state index contributed by atoms with van der Waals surface area (Å²) in [4.78, 5) is 12.2. The summed E-state index contributed by atoms with van der Waals surface area (Å²) in [5.41, 5.74) is 2.02. The molecule has 0 spiro atoms. The summed E-state index contributed by atoms with van der Waals surface area (Å²) in [5.74, 6) is 0.434. The number of esters is 1. The number of carbonyl (C=O) groups is 1. The van der Waals surface area contributed by atoms with E-state index in [9.17, 15) is 4.79 Å². The Balaban J connectivity index is 2.17. The largest absolute Gasteiger partial charge is 0.426 e. The maximum atomic E-state index is 12.2. The van der Waals surface area contributed by atoms with Gasteiger partial charge in [-0.2, -0.15) is 0 Å². The summed E-state index contributed by atoms with van der Waals surface area (Å²) in [6.07, 6.45) is 5.60. The van der Waals surface area contributed by atoms with Crippen molar-refractivity contribution in [2.75, 3.05) is 0 Å². The maximum Gasteiger partial charge on any atom is 0.314 e. The number of hydrogen-bond acceptors (Lipinski definition) is 2. The van der Waals surface area contributed by atoms with Gasteiger partial charge in [0.2, 0.25) is 0 Å². The Morgan fingerprint density at radius 2 is 1.59 bits per heavy atom. The van der Waals surface area contributed by atoms with Crippen molar-refractivity contribution in [2.24, 2.45) is 5.92 Å². The molecule has 114 valence electrons. The number of para-hydroxylation sites is 1. The maximum absolute atomic E-state index is 12.2. The predicted octanol–water partition coefficient (Wildman–Crippen LogP) is 5.20. The number of ether oxygens (including phenoxy) is 1. The summed E-state index contributed by atoms with van der Waals surface area (Å²) in [6, 6.07) is 17.7. The first-order chi connectivity index (χ1) is 10.7. The number of benzene rings is 2. The molecule has 0 atom stereocenters. The molecule has 0 aliphatic heterocycles. The monoisotopic (exact) mass is 294 g/mol. The lowest BCUT2D eigenvalue weighted by Crippen LogP contribution is -2.19. The molecule has 2 rings (SSSR count). The Hall–Kier alpha value is -2.35. The van der Waals surface area contributed by atoms with E-state index in [1.165, 1.54) is 0 Å². The molecule has 22 heavy (non-hydrogen) atoms. The second-order valence-corrected chi connectivity index (χ2v) is 5.22. The minimum Gasteiger partial charge on any atom is -0.426 e. The third-order valence-electron chi connectivity index (χ3n) is 3.70. The van der Waals surface area contributed by atoms with E-state index in [4.69, 9.17) is 4.74 Å². The summed E-state index contributed by atoms with van der Waals surface area (Å²) in [6.45, 7) is 4.02. The van der Waals surface area contributed by atoms with Crippen LogP contribution in [0.5, 0.6) is 5.75 Å². The lowest BCUT2D eigenvalue weighted by Gasteiger charge is -2.13. The highest BCUT2D eigenvalue weighted by atomic mass is 16.5. The first-order valence-corrected chi connectivity index (χ1v) is 7.78. The van der Waals surface area contributed by atoms with Crippen LogP contribution in [0, 0.1) is 5.92 Å². The Morgan fingerprint density at radius 3 is 2.27 bits per heavy atom. The molecule has 2 heteroatoms. The zero-order valence-corrected chi connectivity index (χ0v) is 13.2. The van der Waals surface area contributed by atoms with Crippen LogP contribution in [0.2, 0.25) is 0 Å². The van der Waals surface area contributed by atoms with Crippen molar-refractivity contribution in [1.29, 1.82) is 0 Å². The topological polar surface area (TPSA) is 26.3 Å². The first-order valence-electron chi connectivity index (χ1n) is 7.78. The zero-order valence-electron chi connectivity index (χ0n) is 13.2. The fraction of sp³-hybridized carbons (Fsp3) is 0.250. The Kier molecular flexibility index (Phi) is 5.96. The van der Waals surface area contributed by atoms with Gasteiger partial charge in [-0.1, -0.05) is 74.5 Å². The van der Waals surface area contributed by atoms with E-state index in [1.807, 2.05) is 80.6 Å². The molecular weight excluding hydrogens is 272 g/mol. The van der Waals surface area contributed by atoms with Crippen LogP contribution in [0.3, 0.4) is 0 Å². The molecular formula is C20H22O2. The van der Waals surface area contributed by atoms with Gasteiger partial charge in [0.25, 0.3) is 0 Å². The predicted molar refractivity (Wildman–Crippen MR) is 91.5 cm³/mol. The van der Waals surface area contributed by atoms with E-state index < -0.39 is 0 Å². The molecule has 2 aromatic carbocycles. The molecule has 2 aromatic rings. The van der Waals surface area contributed by atoms with E-state index >= 15 is 0 Å². The van der Waals surface area contributed by atoms with E-state index in [0.29, 0.717) is 5.75 Å². The summed E-state index contributed by atoms with van der Waals surface area (Å²) >= 11 is 0. The summed E-state index contributed by atoms with van der Waals surface area (Å²) in [5, 5.41) is 0. The third kappa shape index (κ3) is 4.32. The molecule has 0 saturated heterocycles. The minimum absolute atomic E-state index is 0.0360. The van der Waals surface area contributed by atoms with E-state index in [2.05, 4.69) is 0 Å². The molecule has 0 aliphatic carbocycles. The van der Waals surface area contributed by atoms with Gasteiger partial charge < -0.3 is 4.74 Å². The zero-order chi connectivity index (χ0) is 15.8. The molecule has 0 radical (unpaired) electrons. The van der Waals surface area contributed by atoms with Crippen LogP contribution in [0.25, 0.3) is 12.2 Å². The van der Waals surface area contributed by atoms with Crippen LogP contribution in [-0.2, 0) is 4.79 Å². The molecule has 0 N–H and O–H groups in total. The van der Waals surface area contributed by atoms with Gasteiger partial charge in [-0.05, 0) is 24.5 Å². The van der Waals surface area contributed by atoms with Crippen molar-refractivity contribution in [3.63, 3.8) is 0 Å². The van der Waals surface area contributed by atoms with Crippen molar-refractivity contribution >= 4 is 18.1 Å². The number of carbonyl (C=O) groups excluding carboxylic acids is 1. The molecule has 0 fully saturated rings. The molecule has 0 bridgehead atoms. The average Bonchev–Trinajstić information content (AvgIpc) is 2.56. The van der Waals surface area contributed by atoms with Crippen molar-refractivity contribution in [3.05, 3.63) is 65.7 Å². The molecule has 0 saturated carbocycles. The van der Waals surface area contributed by atoms with Gasteiger partial charge in [0.1, 0.15) is 5.75 Å². The normalized spacial score (nSPS) is 11.0. The van der Waals surface area contributed by atoms with Crippen LogP contribution in [0.1, 0.15) is 37.8 Å². The van der Waals surface area contributed by atoms with Crippen LogP contribution in [0.4, 0.5) is 0 Å². The van der Waals surface area contributed by atoms with Crippen molar-refractivity contribution < 1.29 is 9.53 Å². The molecule has 2 nitrogen and oxygen atoms in total. The standard InChI is InChI=1S/C20H22O2/c1-3-17(4-2)20(21)22-19-13-9-8-12-18(19)15-14-16-10-6-5-7-11-16/h5-15,17H,3-4H2,1-2H3. The number of rotatable bonds is 6. The molecule has 0 aromatic heterocycles. The van der Waals surface area contributed by atoms with Crippen LogP contribution >= 0.6 is 0 Å². The van der Waals surface area contributed by atoms with Gasteiger partial charge in [0, 0.05) is 5.56 Å². The Labute approximate surface area is 132 Å². The average molecular weight is 294 g/mol. The fourth-order valence-corrected chi connectivity index (χ4v) is 2.28. The van der Waals surface area contributed by atoms with E-state index in [-0.39, 0.29) is 11.9 Å². The van der Waals surface area contributed by atoms with Crippen molar-refractivity contribution in [3.8, 4) is 5.75 Å². The lowest BCUT2D eigenvalue weighted by molar-refractivity contribution is -0.139. The highest BCUT2D eigenvalue weighted by molar-refractivity contribution is 5.78. The minimum atomic E-state index is -0.148. The van der Waals surface area contributed by atoms with E-state index in [0.717, 1.165) is 24.0 Å². The smallest absolute Gasteiger partial charge is 0.314 e. The van der Waals surface area contributed by atoms with Crippen molar-refractivity contribution in [1.82, 2.24) is 0 Å². The van der Waals surface area contributed by atoms with Gasteiger partial charge in [0.05, 0.1) is 5.92 Å². The highest BCUT2D eigenvalue weighted by Crippen LogP contribution is 2.23. The fourth-order valence-electron chi connectivity index (χ4n) is 2.28. The van der Waals surface area contributed by atoms with Gasteiger partial charge >= 0.3 is 5.97 Å². The van der Waals surface area contributed by atoms with E-state index in [1.54, 1.807) is 0 Å². The lowest BCUT2D eigenvalue weighted by atomic mass is 10.0.